The molecule has 2 aromatic rings. The summed E-state index contributed by atoms with van der Waals surface area (Å²) in [7, 11) is 0. The molecule has 3 rings (SSSR count). The van der Waals surface area contributed by atoms with E-state index in [9.17, 15) is 9.90 Å². The van der Waals surface area contributed by atoms with Crippen LogP contribution in [-0.4, -0.2) is 51.1 Å². The highest BCUT2D eigenvalue weighted by molar-refractivity contribution is 5.86. The number of benzene rings is 1. The van der Waals surface area contributed by atoms with Crippen LogP contribution in [0.15, 0.2) is 42.7 Å². The molecule has 1 aromatic carbocycles. The topological polar surface area (TPSA) is 78.4 Å². The number of aryl methyl sites for hydroxylation is 2. The molecule has 1 fully saturated rings. The number of aliphatic hydroxyl groups is 1. The van der Waals surface area contributed by atoms with Gasteiger partial charge in [0.1, 0.15) is 0 Å². The van der Waals surface area contributed by atoms with Gasteiger partial charge >= 0.3 is 0 Å². The van der Waals surface area contributed by atoms with Crippen molar-refractivity contribution in [1.29, 1.82) is 0 Å². The van der Waals surface area contributed by atoms with Gasteiger partial charge in [-0.2, -0.15) is 0 Å². The molecule has 0 bridgehead atoms. The number of hydrogen-bond acceptors (Lipinski definition) is 5. The molecule has 1 atom stereocenters. The summed E-state index contributed by atoms with van der Waals surface area (Å²) in [6, 6.07) is 10.3. The number of hydrogen-bond donors (Lipinski definition) is 2. The highest BCUT2D eigenvalue weighted by atomic mass is 16.3. The Hall–Kier alpha value is -2.31. The van der Waals surface area contributed by atoms with Crippen molar-refractivity contribution in [2.75, 3.05) is 19.6 Å². The number of nitrogens with one attached hydrogen (secondary N) is 1. The molecule has 1 saturated heterocycles. The lowest BCUT2D eigenvalue weighted by molar-refractivity contribution is -0.156. The zero-order valence-electron chi connectivity index (χ0n) is 15.9. The maximum absolute atomic E-state index is 12.8. The van der Waals surface area contributed by atoms with Gasteiger partial charge in [0.05, 0.1) is 11.4 Å². The molecule has 0 radical (unpaired) electrons. The second-order valence-electron chi connectivity index (χ2n) is 7.27. The van der Waals surface area contributed by atoms with Gasteiger partial charge in [-0.3, -0.25) is 14.8 Å². The van der Waals surface area contributed by atoms with E-state index in [1.807, 2.05) is 25.1 Å². The summed E-state index contributed by atoms with van der Waals surface area (Å²) in [4.78, 5) is 23.1. The van der Waals surface area contributed by atoms with Crippen molar-refractivity contribution in [2.45, 2.75) is 44.8 Å². The number of aromatic nitrogens is 2. The van der Waals surface area contributed by atoms with Crippen molar-refractivity contribution in [2.24, 2.45) is 0 Å². The zero-order valence-corrected chi connectivity index (χ0v) is 15.9. The molecule has 27 heavy (non-hydrogen) atoms. The predicted molar refractivity (Wildman–Crippen MR) is 104 cm³/mol. The molecule has 0 spiro atoms. The van der Waals surface area contributed by atoms with E-state index in [2.05, 4.69) is 27.4 Å². The molecule has 1 amide bonds. The molecule has 2 N–H and O–H groups in total. The van der Waals surface area contributed by atoms with Gasteiger partial charge in [-0.25, -0.2) is 0 Å². The van der Waals surface area contributed by atoms with Crippen LogP contribution >= 0.6 is 0 Å². The van der Waals surface area contributed by atoms with Crippen LogP contribution in [0.2, 0.25) is 0 Å². The summed E-state index contributed by atoms with van der Waals surface area (Å²) in [5, 5.41) is 14.0. The minimum absolute atomic E-state index is 0.163. The molecule has 0 saturated carbocycles. The van der Waals surface area contributed by atoms with Crippen LogP contribution in [0, 0.1) is 6.92 Å². The van der Waals surface area contributed by atoms with Crippen molar-refractivity contribution in [3.8, 4) is 0 Å². The fourth-order valence-electron chi connectivity index (χ4n) is 3.47. The maximum atomic E-state index is 12.8. The second-order valence-corrected chi connectivity index (χ2v) is 7.27. The Balaban J connectivity index is 1.47. The first-order valence-corrected chi connectivity index (χ1v) is 9.61. The first kappa shape index (κ1) is 19.5. The number of piperidine rings is 1. The summed E-state index contributed by atoms with van der Waals surface area (Å²) in [5.74, 6) is -0.163. The fraction of sp³-hybridized carbons (Fsp3) is 0.476. The number of carbonyl (C=O) groups is 1. The lowest BCUT2D eigenvalue weighted by atomic mass is 9.91. The van der Waals surface area contributed by atoms with Crippen LogP contribution in [0.4, 0.5) is 0 Å². The van der Waals surface area contributed by atoms with E-state index in [1.165, 1.54) is 5.56 Å². The Labute approximate surface area is 160 Å². The van der Waals surface area contributed by atoms with Crippen LogP contribution < -0.4 is 5.32 Å². The van der Waals surface area contributed by atoms with Crippen molar-refractivity contribution in [1.82, 2.24) is 20.2 Å². The fourth-order valence-corrected chi connectivity index (χ4v) is 3.47. The number of rotatable bonds is 8. The number of amides is 1. The van der Waals surface area contributed by atoms with Crippen molar-refractivity contribution >= 4 is 5.91 Å². The van der Waals surface area contributed by atoms with Gasteiger partial charge in [-0.15, -0.1) is 0 Å². The lowest BCUT2D eigenvalue weighted by Gasteiger charge is -2.38. The molecule has 144 valence electrons. The smallest absolute Gasteiger partial charge is 0.255 e. The van der Waals surface area contributed by atoms with Gasteiger partial charge in [0.15, 0.2) is 5.60 Å². The second kappa shape index (κ2) is 9.06. The molecule has 1 aliphatic heterocycles. The third-order valence-corrected chi connectivity index (χ3v) is 5.00. The average molecular weight is 368 g/mol. The monoisotopic (exact) mass is 368 g/mol. The molecule has 6 heteroatoms. The molecule has 0 unspecified atom stereocenters. The first-order valence-electron chi connectivity index (χ1n) is 9.61. The van der Waals surface area contributed by atoms with E-state index in [0.717, 1.165) is 37.2 Å². The van der Waals surface area contributed by atoms with E-state index in [1.54, 1.807) is 17.3 Å². The van der Waals surface area contributed by atoms with Crippen molar-refractivity contribution < 1.29 is 9.90 Å². The average Bonchev–Trinajstić information content (AvgIpc) is 2.68. The summed E-state index contributed by atoms with van der Waals surface area (Å²) in [6.45, 7) is 4.01. The van der Waals surface area contributed by atoms with Crippen LogP contribution in [0.1, 0.15) is 36.2 Å². The van der Waals surface area contributed by atoms with Crippen LogP contribution in [0.3, 0.4) is 0 Å². The minimum atomic E-state index is -1.33. The third-order valence-electron chi connectivity index (χ3n) is 5.00. The van der Waals surface area contributed by atoms with Gasteiger partial charge in [0.25, 0.3) is 5.91 Å². The predicted octanol–water partition coefficient (Wildman–Crippen LogP) is 1.86. The summed E-state index contributed by atoms with van der Waals surface area (Å²) in [5.41, 5.74) is 1.61. The maximum Gasteiger partial charge on any atom is 0.255 e. The van der Waals surface area contributed by atoms with Gasteiger partial charge < -0.3 is 15.3 Å². The van der Waals surface area contributed by atoms with Gasteiger partial charge in [-0.05, 0) is 38.2 Å². The molecule has 0 aliphatic carbocycles. The van der Waals surface area contributed by atoms with Crippen LogP contribution in [-0.2, 0) is 17.8 Å². The van der Waals surface area contributed by atoms with Gasteiger partial charge in [0.2, 0.25) is 0 Å². The van der Waals surface area contributed by atoms with Crippen molar-refractivity contribution in [3.05, 3.63) is 59.7 Å². The number of likely N-dealkylation sites (tertiary alicyclic amines) is 1. The molecular formula is C21H28N4O2. The Kier molecular flexibility index (Phi) is 6.53. The summed E-state index contributed by atoms with van der Waals surface area (Å²) >= 11 is 0. The molecule has 6 nitrogen and oxygen atoms in total. The third kappa shape index (κ3) is 5.34. The van der Waals surface area contributed by atoms with E-state index in [4.69, 9.17) is 0 Å². The Bertz CT molecular complexity index is 736. The van der Waals surface area contributed by atoms with E-state index in [-0.39, 0.29) is 12.5 Å². The normalized spacial score (nSPS) is 20.1. The van der Waals surface area contributed by atoms with Gasteiger partial charge in [0, 0.05) is 38.6 Å². The molecule has 2 heterocycles. The largest absolute Gasteiger partial charge is 0.379 e. The quantitative estimate of drug-likeness (QED) is 0.744. The van der Waals surface area contributed by atoms with Crippen molar-refractivity contribution in [3.63, 3.8) is 0 Å². The summed E-state index contributed by atoms with van der Waals surface area (Å²) < 4.78 is 0. The molecule has 1 aromatic heterocycles. The van der Waals surface area contributed by atoms with Crippen LogP contribution in [0.5, 0.6) is 0 Å². The SMILES string of the molecule is Cc1cnc(CNC[C@@]2(O)CCCN(CCCc3ccccc3)C2=O)cn1. The van der Waals surface area contributed by atoms with Gasteiger partial charge in [-0.1, -0.05) is 30.3 Å². The van der Waals surface area contributed by atoms with E-state index < -0.39 is 5.60 Å². The lowest BCUT2D eigenvalue weighted by Crippen LogP contribution is -2.58. The zero-order chi connectivity index (χ0) is 19.1. The highest BCUT2D eigenvalue weighted by Crippen LogP contribution is 2.22. The van der Waals surface area contributed by atoms with E-state index in [0.29, 0.717) is 19.5 Å². The van der Waals surface area contributed by atoms with Crippen LogP contribution in [0.25, 0.3) is 0 Å². The Morgan fingerprint density at radius 3 is 2.78 bits per heavy atom. The molecule has 1 aliphatic rings. The Morgan fingerprint density at radius 1 is 1.22 bits per heavy atom. The highest BCUT2D eigenvalue weighted by Gasteiger charge is 2.41. The number of carbonyl (C=O) groups excluding carboxylic acids is 1. The summed E-state index contributed by atoms with van der Waals surface area (Å²) in [6.07, 6.45) is 6.58. The van der Waals surface area contributed by atoms with E-state index >= 15 is 0 Å². The Morgan fingerprint density at radius 2 is 2.04 bits per heavy atom. The minimum Gasteiger partial charge on any atom is -0.379 e. The molecular weight excluding hydrogens is 340 g/mol. The first-order chi connectivity index (χ1) is 13.1. The standard InChI is InChI=1S/C21H28N4O2/c1-17-13-24-19(15-23-17)14-22-16-21(27)10-6-12-25(20(21)26)11-5-9-18-7-3-2-4-8-18/h2-4,7-8,13,15,22,27H,5-6,9-12,14,16H2,1H3/t21-/m0/s1. The number of nitrogens with zero attached hydrogens (tertiary/aromatic N) is 3.